The molecule has 1 aliphatic rings. The van der Waals surface area contributed by atoms with Crippen LogP contribution in [0.4, 0.5) is 13.6 Å². The fraction of sp³-hybridized carbons (Fsp3) is 0.421. The Morgan fingerprint density at radius 2 is 2.14 bits per heavy atom. The molecule has 0 atom stereocenters. The van der Waals surface area contributed by atoms with Crippen molar-refractivity contribution in [3.8, 4) is 5.75 Å². The first-order chi connectivity index (χ1) is 14.1. The summed E-state index contributed by atoms with van der Waals surface area (Å²) in [5, 5.41) is 6.19. The molecule has 1 amide bonds. The number of fused-ring (bicyclic) bond motifs is 1. The monoisotopic (exact) mass is 422 g/mol. The molecule has 154 valence electrons. The van der Waals surface area contributed by atoms with Crippen molar-refractivity contribution in [3.63, 3.8) is 0 Å². The summed E-state index contributed by atoms with van der Waals surface area (Å²) in [4.78, 5) is 18.1. The first kappa shape index (κ1) is 19.6. The van der Waals surface area contributed by atoms with Crippen LogP contribution in [0.5, 0.6) is 5.75 Å². The van der Waals surface area contributed by atoms with Crippen LogP contribution in [-0.4, -0.2) is 51.7 Å². The zero-order chi connectivity index (χ0) is 20.2. The van der Waals surface area contributed by atoms with E-state index in [4.69, 9.17) is 9.47 Å². The number of carbonyl (C=O) groups excluding carboxylic acids is 1. The molecule has 0 spiro atoms. The molecule has 4 heterocycles. The standard InChI is InChI=1S/C19H20F2N4O3S/c20-18(21)10-27-15-1-2-17-16(7-23-25(17)8-15)13-3-5-24(6-4-13)19(26)28-9-14-11-29-12-22-14/h1-2,7-8,11-13,18H,3-6,9-10H2. The van der Waals surface area contributed by atoms with Gasteiger partial charge in [-0.05, 0) is 30.9 Å². The Bertz CT molecular complexity index is 956. The molecule has 3 aromatic rings. The topological polar surface area (TPSA) is 69.0 Å². The van der Waals surface area contributed by atoms with Gasteiger partial charge in [0.1, 0.15) is 19.0 Å². The van der Waals surface area contributed by atoms with E-state index in [1.165, 1.54) is 11.3 Å². The highest BCUT2D eigenvalue weighted by Gasteiger charge is 2.26. The minimum atomic E-state index is -2.52. The van der Waals surface area contributed by atoms with Crippen LogP contribution in [0.3, 0.4) is 0 Å². The van der Waals surface area contributed by atoms with Gasteiger partial charge in [-0.15, -0.1) is 11.3 Å². The molecule has 0 N–H and O–H groups in total. The number of amides is 1. The summed E-state index contributed by atoms with van der Waals surface area (Å²) >= 11 is 1.47. The third kappa shape index (κ3) is 4.64. The van der Waals surface area contributed by atoms with Gasteiger partial charge in [-0.1, -0.05) is 0 Å². The van der Waals surface area contributed by atoms with Gasteiger partial charge in [-0.3, -0.25) is 0 Å². The molecule has 10 heteroatoms. The zero-order valence-corrected chi connectivity index (χ0v) is 16.4. The average molecular weight is 422 g/mol. The van der Waals surface area contributed by atoms with Crippen LogP contribution in [0.2, 0.25) is 0 Å². The number of carbonyl (C=O) groups is 1. The zero-order valence-electron chi connectivity index (χ0n) is 15.5. The highest BCUT2D eigenvalue weighted by molar-refractivity contribution is 7.07. The molecule has 3 aromatic heterocycles. The quantitative estimate of drug-likeness (QED) is 0.602. The number of pyridine rings is 1. The van der Waals surface area contributed by atoms with E-state index in [0.717, 1.165) is 29.6 Å². The van der Waals surface area contributed by atoms with Crippen molar-refractivity contribution in [2.45, 2.75) is 31.8 Å². The number of halogens is 2. The molecule has 0 radical (unpaired) electrons. The first-order valence-corrected chi connectivity index (χ1v) is 10.2. The molecule has 4 rings (SSSR count). The van der Waals surface area contributed by atoms with E-state index in [9.17, 15) is 13.6 Å². The molecule has 1 fully saturated rings. The number of thiazole rings is 1. The molecular formula is C19H20F2N4O3S. The Balaban J connectivity index is 1.34. The largest absolute Gasteiger partial charge is 0.486 e. The Morgan fingerprint density at radius 1 is 1.31 bits per heavy atom. The number of alkyl halides is 2. The van der Waals surface area contributed by atoms with Crippen LogP contribution in [0.25, 0.3) is 5.52 Å². The van der Waals surface area contributed by atoms with Crippen LogP contribution in [0.15, 0.2) is 35.4 Å². The molecule has 0 aromatic carbocycles. The van der Waals surface area contributed by atoms with Gasteiger partial charge >= 0.3 is 6.09 Å². The van der Waals surface area contributed by atoms with Crippen molar-refractivity contribution < 1.29 is 23.0 Å². The second-order valence-corrected chi connectivity index (χ2v) is 7.51. The highest BCUT2D eigenvalue weighted by Crippen LogP contribution is 2.31. The van der Waals surface area contributed by atoms with Gasteiger partial charge in [0, 0.05) is 24.0 Å². The Morgan fingerprint density at radius 3 is 2.86 bits per heavy atom. The van der Waals surface area contributed by atoms with Gasteiger partial charge in [-0.2, -0.15) is 5.10 Å². The number of hydrogen-bond acceptors (Lipinski definition) is 6. The molecule has 7 nitrogen and oxygen atoms in total. The summed E-state index contributed by atoms with van der Waals surface area (Å²) in [6.07, 6.45) is 2.17. The lowest BCUT2D eigenvalue weighted by atomic mass is 9.90. The number of rotatable bonds is 6. The van der Waals surface area contributed by atoms with E-state index < -0.39 is 13.0 Å². The van der Waals surface area contributed by atoms with Gasteiger partial charge in [0.25, 0.3) is 6.43 Å². The summed E-state index contributed by atoms with van der Waals surface area (Å²) in [7, 11) is 0. The molecule has 0 aliphatic carbocycles. The van der Waals surface area contributed by atoms with Gasteiger partial charge in [0.15, 0.2) is 0 Å². The smallest absolute Gasteiger partial charge is 0.410 e. The maximum atomic E-state index is 12.3. The van der Waals surface area contributed by atoms with Gasteiger partial charge in [-0.25, -0.2) is 23.1 Å². The van der Waals surface area contributed by atoms with Crippen molar-refractivity contribution in [3.05, 3.63) is 46.7 Å². The van der Waals surface area contributed by atoms with E-state index in [1.807, 2.05) is 11.4 Å². The number of nitrogens with zero attached hydrogens (tertiary/aromatic N) is 4. The minimum Gasteiger partial charge on any atom is -0.486 e. The van der Waals surface area contributed by atoms with Gasteiger partial charge in [0.2, 0.25) is 0 Å². The fourth-order valence-electron chi connectivity index (χ4n) is 3.45. The second-order valence-electron chi connectivity index (χ2n) is 6.79. The molecular weight excluding hydrogens is 402 g/mol. The summed E-state index contributed by atoms with van der Waals surface area (Å²) in [6, 6.07) is 3.51. The molecule has 0 saturated carbocycles. The summed E-state index contributed by atoms with van der Waals surface area (Å²) in [5.41, 5.74) is 4.46. The Labute approximate surface area is 169 Å². The fourth-order valence-corrected chi connectivity index (χ4v) is 4.00. The van der Waals surface area contributed by atoms with E-state index >= 15 is 0 Å². The third-order valence-corrected chi connectivity index (χ3v) is 5.55. The first-order valence-electron chi connectivity index (χ1n) is 9.27. The predicted molar refractivity (Wildman–Crippen MR) is 103 cm³/mol. The van der Waals surface area contributed by atoms with Crippen LogP contribution >= 0.6 is 11.3 Å². The normalized spacial score (nSPS) is 15.2. The van der Waals surface area contributed by atoms with Crippen molar-refractivity contribution in [2.75, 3.05) is 19.7 Å². The van der Waals surface area contributed by atoms with Gasteiger partial charge < -0.3 is 14.4 Å². The molecule has 1 saturated heterocycles. The van der Waals surface area contributed by atoms with Gasteiger partial charge in [0.05, 0.1) is 29.1 Å². The lowest BCUT2D eigenvalue weighted by molar-refractivity contribution is 0.0816. The summed E-state index contributed by atoms with van der Waals surface area (Å²) < 4.78 is 36.6. The van der Waals surface area contributed by atoms with Crippen LogP contribution in [0, 0.1) is 0 Å². The van der Waals surface area contributed by atoms with E-state index in [2.05, 4.69) is 10.1 Å². The highest BCUT2D eigenvalue weighted by atomic mass is 32.1. The molecule has 0 bridgehead atoms. The van der Waals surface area contributed by atoms with Crippen molar-refractivity contribution >= 4 is 22.9 Å². The van der Waals surface area contributed by atoms with Crippen molar-refractivity contribution in [1.29, 1.82) is 0 Å². The molecule has 0 unspecified atom stereocenters. The second kappa shape index (κ2) is 8.73. The molecule has 1 aliphatic heterocycles. The number of ether oxygens (including phenoxy) is 2. The predicted octanol–water partition coefficient (Wildman–Crippen LogP) is 3.95. The lowest BCUT2D eigenvalue weighted by Gasteiger charge is -2.31. The van der Waals surface area contributed by atoms with Crippen molar-refractivity contribution in [2.24, 2.45) is 0 Å². The number of aromatic nitrogens is 3. The van der Waals surface area contributed by atoms with Crippen LogP contribution in [-0.2, 0) is 11.3 Å². The Kier molecular flexibility index (Phi) is 5.89. The van der Waals surface area contributed by atoms with Crippen LogP contribution < -0.4 is 4.74 Å². The number of likely N-dealkylation sites (tertiary alicyclic amines) is 1. The van der Waals surface area contributed by atoms with E-state index in [1.54, 1.807) is 33.4 Å². The maximum Gasteiger partial charge on any atom is 0.410 e. The summed E-state index contributed by atoms with van der Waals surface area (Å²) in [5.74, 6) is 0.619. The van der Waals surface area contributed by atoms with Crippen LogP contribution in [0.1, 0.15) is 30.0 Å². The minimum absolute atomic E-state index is 0.187. The average Bonchev–Trinajstić information content (AvgIpc) is 3.40. The number of hydrogen-bond donors (Lipinski definition) is 0. The van der Waals surface area contributed by atoms with E-state index in [-0.39, 0.29) is 18.6 Å². The third-order valence-electron chi connectivity index (χ3n) is 4.91. The summed E-state index contributed by atoms with van der Waals surface area (Å²) in [6.45, 7) is 0.754. The van der Waals surface area contributed by atoms with E-state index in [0.29, 0.717) is 18.8 Å². The number of piperidine rings is 1. The lowest BCUT2D eigenvalue weighted by Crippen LogP contribution is -2.38. The van der Waals surface area contributed by atoms with Crippen molar-refractivity contribution in [1.82, 2.24) is 19.5 Å². The maximum absolute atomic E-state index is 12.3. The SMILES string of the molecule is O=C(OCc1cscn1)N1CCC(c2cnn3cc(OCC(F)F)ccc23)CC1. The molecule has 29 heavy (non-hydrogen) atoms. The Hall–Kier alpha value is -2.75.